The molecule has 1 aliphatic carbocycles. The second kappa shape index (κ2) is 2.98. The zero-order chi connectivity index (χ0) is 9.60. The van der Waals surface area contributed by atoms with Crippen LogP contribution in [-0.4, -0.2) is 6.54 Å². The van der Waals surface area contributed by atoms with Gasteiger partial charge in [-0.05, 0) is 55.5 Å². The van der Waals surface area contributed by atoms with Crippen LogP contribution >= 0.6 is 11.6 Å². The Morgan fingerprint density at radius 2 is 2.14 bits per heavy atom. The van der Waals surface area contributed by atoms with E-state index >= 15 is 0 Å². The number of benzene rings is 1. The van der Waals surface area contributed by atoms with Crippen LogP contribution in [0.2, 0.25) is 5.02 Å². The van der Waals surface area contributed by atoms with E-state index in [1.165, 1.54) is 36.8 Å². The first kappa shape index (κ1) is 8.75. The normalized spacial score (nSPS) is 22.9. The van der Waals surface area contributed by atoms with Crippen LogP contribution in [0.25, 0.3) is 0 Å². The Morgan fingerprint density at radius 3 is 2.93 bits per heavy atom. The monoisotopic (exact) mass is 207 g/mol. The second-order valence-electron chi connectivity index (χ2n) is 4.41. The molecule has 2 heteroatoms. The van der Waals surface area contributed by atoms with E-state index in [9.17, 15) is 0 Å². The van der Waals surface area contributed by atoms with Gasteiger partial charge in [-0.3, -0.25) is 0 Å². The van der Waals surface area contributed by atoms with Crippen molar-refractivity contribution >= 4 is 11.6 Å². The summed E-state index contributed by atoms with van der Waals surface area (Å²) in [5.41, 5.74) is 3.26. The highest BCUT2D eigenvalue weighted by Crippen LogP contribution is 2.48. The van der Waals surface area contributed by atoms with Crippen molar-refractivity contribution < 1.29 is 0 Å². The summed E-state index contributed by atoms with van der Waals surface area (Å²) in [6.07, 6.45) is 5.00. The van der Waals surface area contributed by atoms with Gasteiger partial charge in [-0.25, -0.2) is 0 Å². The number of nitrogens with one attached hydrogen (secondary N) is 1. The Kier molecular flexibility index (Phi) is 1.86. The van der Waals surface area contributed by atoms with Crippen LogP contribution in [0.15, 0.2) is 18.2 Å². The van der Waals surface area contributed by atoms with E-state index in [-0.39, 0.29) is 0 Å². The van der Waals surface area contributed by atoms with Gasteiger partial charge in [0.2, 0.25) is 0 Å². The van der Waals surface area contributed by atoms with Crippen LogP contribution in [0, 0.1) is 0 Å². The lowest BCUT2D eigenvalue weighted by Gasteiger charge is -2.17. The number of rotatable bonds is 0. The molecule has 1 heterocycles. The van der Waals surface area contributed by atoms with E-state index in [1.807, 2.05) is 6.07 Å². The number of halogens is 1. The van der Waals surface area contributed by atoms with Gasteiger partial charge in [0.15, 0.2) is 0 Å². The van der Waals surface area contributed by atoms with Crippen LogP contribution in [-0.2, 0) is 12.0 Å². The predicted molar refractivity (Wildman–Crippen MR) is 58.7 cm³/mol. The predicted octanol–water partition coefficient (Wildman–Crippen LogP) is 2.86. The number of hydrogen-bond donors (Lipinski definition) is 1. The molecular formula is C12H14ClN. The van der Waals surface area contributed by atoms with Crippen molar-refractivity contribution in [3.05, 3.63) is 34.3 Å². The van der Waals surface area contributed by atoms with Gasteiger partial charge in [0.25, 0.3) is 0 Å². The maximum absolute atomic E-state index is 6.06. The molecule has 1 aromatic rings. The minimum atomic E-state index is 0.302. The molecule has 3 rings (SSSR count). The van der Waals surface area contributed by atoms with Gasteiger partial charge in [-0.1, -0.05) is 17.7 Å². The van der Waals surface area contributed by atoms with E-state index < -0.39 is 0 Å². The average Bonchev–Trinajstić information content (AvgIpc) is 2.97. The maximum Gasteiger partial charge on any atom is 0.0439 e. The Balaban J connectivity index is 2.13. The molecule has 1 aliphatic heterocycles. The lowest BCUT2D eigenvalue weighted by molar-refractivity contribution is 0.530. The largest absolute Gasteiger partial charge is 0.307 e. The van der Waals surface area contributed by atoms with Gasteiger partial charge >= 0.3 is 0 Å². The summed E-state index contributed by atoms with van der Waals surface area (Å²) < 4.78 is 0. The lowest BCUT2D eigenvalue weighted by Crippen LogP contribution is -2.28. The standard InChI is InChI=1S/C12H14ClN/c13-10-4-3-9-2-1-7-14-12(5-6-12)11(9)8-10/h3-4,8,14H,1-2,5-7H2. The van der Waals surface area contributed by atoms with Crippen molar-refractivity contribution in [2.75, 3.05) is 6.54 Å². The van der Waals surface area contributed by atoms with E-state index in [2.05, 4.69) is 17.4 Å². The van der Waals surface area contributed by atoms with E-state index in [0.29, 0.717) is 5.54 Å². The van der Waals surface area contributed by atoms with E-state index in [4.69, 9.17) is 11.6 Å². The maximum atomic E-state index is 6.06. The first-order chi connectivity index (χ1) is 6.80. The van der Waals surface area contributed by atoms with Crippen molar-refractivity contribution in [1.82, 2.24) is 5.32 Å². The molecule has 0 aromatic heterocycles. The number of hydrogen-bond acceptors (Lipinski definition) is 1. The van der Waals surface area contributed by atoms with Crippen LogP contribution < -0.4 is 5.32 Å². The molecule has 1 N–H and O–H groups in total. The van der Waals surface area contributed by atoms with Crippen molar-refractivity contribution in [1.29, 1.82) is 0 Å². The topological polar surface area (TPSA) is 12.0 Å². The fraction of sp³-hybridized carbons (Fsp3) is 0.500. The molecule has 14 heavy (non-hydrogen) atoms. The van der Waals surface area contributed by atoms with E-state index in [0.717, 1.165) is 11.6 Å². The molecule has 1 aromatic carbocycles. The van der Waals surface area contributed by atoms with Crippen LogP contribution in [0.4, 0.5) is 0 Å². The zero-order valence-corrected chi connectivity index (χ0v) is 8.90. The van der Waals surface area contributed by atoms with Crippen molar-refractivity contribution in [2.45, 2.75) is 31.2 Å². The fourth-order valence-corrected chi connectivity index (χ4v) is 2.66. The van der Waals surface area contributed by atoms with Crippen LogP contribution in [0.5, 0.6) is 0 Å². The van der Waals surface area contributed by atoms with Gasteiger partial charge in [-0.15, -0.1) is 0 Å². The number of fused-ring (bicyclic) bond motifs is 2. The Hall–Kier alpha value is -0.530. The zero-order valence-electron chi connectivity index (χ0n) is 8.15. The first-order valence-corrected chi connectivity index (χ1v) is 5.72. The summed E-state index contributed by atoms with van der Waals surface area (Å²) in [6, 6.07) is 6.37. The van der Waals surface area contributed by atoms with Gasteiger partial charge in [0.05, 0.1) is 0 Å². The SMILES string of the molecule is Clc1ccc2c(c1)C1(CC1)NCCC2. The highest BCUT2D eigenvalue weighted by molar-refractivity contribution is 6.30. The summed E-state index contributed by atoms with van der Waals surface area (Å²) in [4.78, 5) is 0. The Labute approximate surface area is 89.5 Å². The van der Waals surface area contributed by atoms with Crippen LogP contribution in [0.3, 0.4) is 0 Å². The molecule has 0 bridgehead atoms. The van der Waals surface area contributed by atoms with E-state index in [1.54, 1.807) is 0 Å². The molecule has 1 spiro atoms. The molecular weight excluding hydrogens is 194 g/mol. The minimum Gasteiger partial charge on any atom is -0.307 e. The van der Waals surface area contributed by atoms with Gasteiger partial charge < -0.3 is 5.32 Å². The summed E-state index contributed by atoms with van der Waals surface area (Å²) in [6.45, 7) is 1.15. The number of aryl methyl sites for hydroxylation is 1. The second-order valence-corrected chi connectivity index (χ2v) is 4.85. The molecule has 0 amide bonds. The Bertz CT molecular complexity index is 369. The van der Waals surface area contributed by atoms with Gasteiger partial charge in [0.1, 0.15) is 0 Å². The molecule has 0 radical (unpaired) electrons. The van der Waals surface area contributed by atoms with Crippen molar-refractivity contribution in [3.63, 3.8) is 0 Å². The summed E-state index contributed by atoms with van der Waals surface area (Å²) in [7, 11) is 0. The minimum absolute atomic E-state index is 0.302. The molecule has 1 saturated carbocycles. The Morgan fingerprint density at radius 1 is 1.29 bits per heavy atom. The smallest absolute Gasteiger partial charge is 0.0439 e. The highest BCUT2D eigenvalue weighted by atomic mass is 35.5. The third kappa shape index (κ3) is 1.27. The van der Waals surface area contributed by atoms with Crippen LogP contribution in [0.1, 0.15) is 30.4 Å². The molecule has 0 saturated heterocycles. The molecule has 1 fully saturated rings. The molecule has 0 unspecified atom stereocenters. The third-order valence-corrected chi connectivity index (χ3v) is 3.66. The quantitative estimate of drug-likeness (QED) is 0.690. The molecule has 1 nitrogen and oxygen atoms in total. The average molecular weight is 208 g/mol. The van der Waals surface area contributed by atoms with Crippen molar-refractivity contribution in [3.8, 4) is 0 Å². The molecule has 2 aliphatic rings. The molecule has 74 valence electrons. The molecule has 0 atom stereocenters. The fourth-order valence-electron chi connectivity index (χ4n) is 2.49. The van der Waals surface area contributed by atoms with Gasteiger partial charge in [-0.2, -0.15) is 0 Å². The summed E-state index contributed by atoms with van der Waals surface area (Å²) in [5.74, 6) is 0. The lowest BCUT2D eigenvalue weighted by atomic mass is 9.97. The van der Waals surface area contributed by atoms with Crippen molar-refractivity contribution in [2.24, 2.45) is 0 Å². The highest BCUT2D eigenvalue weighted by Gasteiger charge is 2.45. The van der Waals surface area contributed by atoms with Gasteiger partial charge in [0, 0.05) is 10.6 Å². The first-order valence-electron chi connectivity index (χ1n) is 5.34. The summed E-state index contributed by atoms with van der Waals surface area (Å²) >= 11 is 6.06. The third-order valence-electron chi connectivity index (χ3n) is 3.42. The summed E-state index contributed by atoms with van der Waals surface area (Å²) in [5, 5.41) is 4.53.